The summed E-state index contributed by atoms with van der Waals surface area (Å²) in [5, 5.41) is 3.82. The normalized spacial score (nSPS) is 25.4. The van der Waals surface area contributed by atoms with Gasteiger partial charge in [0.2, 0.25) is 0 Å². The highest BCUT2D eigenvalue weighted by atomic mass is 35.5. The lowest BCUT2D eigenvalue weighted by Gasteiger charge is -2.34. The summed E-state index contributed by atoms with van der Waals surface area (Å²) < 4.78 is 5.45. The largest absolute Gasteiger partial charge is 0.482 e. The molecular formula is C16H21Cl2NO2. The first-order valence-electron chi connectivity index (χ1n) is 7.35. The fourth-order valence-electron chi connectivity index (χ4n) is 2.77. The average Bonchev–Trinajstić information content (AvgIpc) is 2.45. The SMILES string of the molecule is C[C@@H]1[C@@H](C)CCC[C@H]1NC(=O)COc1cccc(Cl)c1Cl. The van der Waals surface area contributed by atoms with E-state index in [1.165, 1.54) is 6.42 Å². The summed E-state index contributed by atoms with van der Waals surface area (Å²) in [6.07, 6.45) is 3.44. The maximum Gasteiger partial charge on any atom is 0.258 e. The second-order valence-electron chi connectivity index (χ2n) is 5.78. The Kier molecular flexibility index (Phi) is 5.77. The van der Waals surface area contributed by atoms with Crippen molar-refractivity contribution in [1.29, 1.82) is 0 Å². The maximum atomic E-state index is 12.0. The van der Waals surface area contributed by atoms with Gasteiger partial charge in [0.05, 0.1) is 5.02 Å². The topological polar surface area (TPSA) is 38.3 Å². The van der Waals surface area contributed by atoms with E-state index in [-0.39, 0.29) is 18.6 Å². The number of carbonyl (C=O) groups excluding carboxylic acids is 1. The van der Waals surface area contributed by atoms with E-state index < -0.39 is 0 Å². The molecule has 1 amide bonds. The Morgan fingerprint density at radius 3 is 2.86 bits per heavy atom. The molecule has 1 fully saturated rings. The highest BCUT2D eigenvalue weighted by Gasteiger charge is 2.28. The van der Waals surface area contributed by atoms with Crippen LogP contribution in [0.5, 0.6) is 5.75 Å². The van der Waals surface area contributed by atoms with Crippen molar-refractivity contribution in [2.24, 2.45) is 11.8 Å². The monoisotopic (exact) mass is 329 g/mol. The van der Waals surface area contributed by atoms with Gasteiger partial charge in [-0.25, -0.2) is 0 Å². The Bertz CT molecular complexity index is 507. The van der Waals surface area contributed by atoms with E-state index in [4.69, 9.17) is 27.9 Å². The van der Waals surface area contributed by atoms with E-state index >= 15 is 0 Å². The van der Waals surface area contributed by atoms with E-state index in [2.05, 4.69) is 19.2 Å². The molecule has 5 heteroatoms. The number of carbonyl (C=O) groups is 1. The molecule has 0 aliphatic heterocycles. The predicted molar refractivity (Wildman–Crippen MR) is 86.1 cm³/mol. The molecule has 1 aromatic carbocycles. The standard InChI is InChI=1S/C16H21Cl2NO2/c1-10-5-3-7-13(11(10)2)19-15(20)9-21-14-8-4-6-12(17)16(14)18/h4,6,8,10-11,13H,3,5,7,9H2,1-2H3,(H,19,20)/t10-,11+,13+/m0/s1. The van der Waals surface area contributed by atoms with Crippen molar-refractivity contribution in [3.63, 3.8) is 0 Å². The van der Waals surface area contributed by atoms with Crippen molar-refractivity contribution >= 4 is 29.1 Å². The smallest absolute Gasteiger partial charge is 0.258 e. The summed E-state index contributed by atoms with van der Waals surface area (Å²) in [6, 6.07) is 5.36. The van der Waals surface area contributed by atoms with Crippen LogP contribution in [0.2, 0.25) is 10.0 Å². The van der Waals surface area contributed by atoms with Crippen LogP contribution in [0.25, 0.3) is 0 Å². The Hall–Kier alpha value is -0.930. The molecular weight excluding hydrogens is 309 g/mol. The minimum absolute atomic E-state index is 0.0440. The van der Waals surface area contributed by atoms with Crippen LogP contribution >= 0.6 is 23.2 Å². The first-order chi connectivity index (χ1) is 9.99. The lowest BCUT2D eigenvalue weighted by atomic mass is 9.78. The van der Waals surface area contributed by atoms with Gasteiger partial charge in [-0.2, -0.15) is 0 Å². The Labute approximate surface area is 136 Å². The molecule has 0 bridgehead atoms. The molecule has 3 nitrogen and oxygen atoms in total. The maximum absolute atomic E-state index is 12.0. The molecule has 0 unspecified atom stereocenters. The zero-order chi connectivity index (χ0) is 15.4. The number of halogens is 2. The number of nitrogens with one attached hydrogen (secondary N) is 1. The summed E-state index contributed by atoms with van der Waals surface area (Å²) in [6.45, 7) is 4.40. The number of ether oxygens (including phenoxy) is 1. The van der Waals surface area contributed by atoms with Gasteiger partial charge in [-0.05, 0) is 30.4 Å². The van der Waals surface area contributed by atoms with Crippen LogP contribution in [0.15, 0.2) is 18.2 Å². The van der Waals surface area contributed by atoms with Crippen LogP contribution in [0.3, 0.4) is 0 Å². The molecule has 116 valence electrons. The first-order valence-corrected chi connectivity index (χ1v) is 8.10. The van der Waals surface area contributed by atoms with Gasteiger partial charge < -0.3 is 10.1 Å². The highest BCUT2D eigenvalue weighted by molar-refractivity contribution is 6.42. The van der Waals surface area contributed by atoms with Gasteiger partial charge in [0.25, 0.3) is 5.91 Å². The predicted octanol–water partition coefficient (Wildman–Crippen LogP) is 4.31. The minimum atomic E-state index is -0.114. The van der Waals surface area contributed by atoms with Crippen LogP contribution in [-0.4, -0.2) is 18.6 Å². The minimum Gasteiger partial charge on any atom is -0.482 e. The van der Waals surface area contributed by atoms with Crippen molar-refractivity contribution in [2.45, 2.75) is 39.2 Å². The number of amides is 1. The van der Waals surface area contributed by atoms with Crippen molar-refractivity contribution < 1.29 is 9.53 Å². The zero-order valence-corrected chi connectivity index (χ0v) is 13.9. The molecule has 0 heterocycles. The van der Waals surface area contributed by atoms with Gasteiger partial charge >= 0.3 is 0 Å². The second kappa shape index (κ2) is 7.37. The summed E-state index contributed by atoms with van der Waals surface area (Å²) >= 11 is 11.9. The Morgan fingerprint density at radius 2 is 2.10 bits per heavy atom. The van der Waals surface area contributed by atoms with E-state index in [1.54, 1.807) is 18.2 Å². The van der Waals surface area contributed by atoms with Gasteiger partial charge in [-0.15, -0.1) is 0 Å². The van der Waals surface area contributed by atoms with Gasteiger partial charge in [-0.3, -0.25) is 4.79 Å². The third kappa shape index (κ3) is 4.27. The van der Waals surface area contributed by atoms with Gasteiger partial charge in [0.15, 0.2) is 6.61 Å². The van der Waals surface area contributed by atoms with Gasteiger partial charge in [-0.1, -0.05) is 56.0 Å². The first kappa shape index (κ1) is 16.4. The van der Waals surface area contributed by atoms with Crippen LogP contribution in [0, 0.1) is 11.8 Å². The van der Waals surface area contributed by atoms with Crippen molar-refractivity contribution in [3.8, 4) is 5.75 Å². The third-order valence-corrected chi connectivity index (χ3v) is 5.13. The van der Waals surface area contributed by atoms with Crippen molar-refractivity contribution in [1.82, 2.24) is 5.32 Å². The van der Waals surface area contributed by atoms with Crippen LogP contribution in [0.1, 0.15) is 33.1 Å². The third-order valence-electron chi connectivity index (χ3n) is 4.33. The molecule has 0 spiro atoms. The van der Waals surface area contributed by atoms with E-state index in [1.807, 2.05) is 0 Å². The second-order valence-corrected chi connectivity index (χ2v) is 6.57. The summed E-state index contributed by atoms with van der Waals surface area (Å²) in [4.78, 5) is 12.0. The fourth-order valence-corrected chi connectivity index (χ4v) is 3.12. The Morgan fingerprint density at radius 1 is 1.33 bits per heavy atom. The van der Waals surface area contributed by atoms with E-state index in [0.29, 0.717) is 27.6 Å². The molecule has 0 aromatic heterocycles. The molecule has 0 saturated heterocycles. The number of benzene rings is 1. The lowest BCUT2D eigenvalue weighted by Crippen LogP contribution is -2.45. The zero-order valence-electron chi connectivity index (χ0n) is 12.4. The molecule has 1 N–H and O–H groups in total. The molecule has 21 heavy (non-hydrogen) atoms. The highest BCUT2D eigenvalue weighted by Crippen LogP contribution is 2.31. The van der Waals surface area contributed by atoms with E-state index in [0.717, 1.165) is 12.8 Å². The van der Waals surface area contributed by atoms with Crippen LogP contribution in [-0.2, 0) is 4.79 Å². The van der Waals surface area contributed by atoms with Gasteiger partial charge in [0, 0.05) is 6.04 Å². The van der Waals surface area contributed by atoms with Crippen LogP contribution < -0.4 is 10.1 Å². The summed E-state index contributed by atoms with van der Waals surface area (Å²) in [5.74, 6) is 1.46. The molecule has 1 aliphatic rings. The molecule has 1 aromatic rings. The number of hydrogen-bond donors (Lipinski definition) is 1. The number of rotatable bonds is 4. The quantitative estimate of drug-likeness (QED) is 0.893. The fraction of sp³-hybridized carbons (Fsp3) is 0.562. The molecule has 1 aliphatic carbocycles. The molecule has 3 atom stereocenters. The van der Waals surface area contributed by atoms with Gasteiger partial charge in [0.1, 0.15) is 10.8 Å². The van der Waals surface area contributed by atoms with E-state index in [9.17, 15) is 4.79 Å². The summed E-state index contributed by atoms with van der Waals surface area (Å²) in [7, 11) is 0. The molecule has 1 saturated carbocycles. The van der Waals surface area contributed by atoms with Crippen molar-refractivity contribution in [2.75, 3.05) is 6.61 Å². The lowest BCUT2D eigenvalue weighted by molar-refractivity contribution is -0.124. The van der Waals surface area contributed by atoms with Crippen LogP contribution in [0.4, 0.5) is 0 Å². The molecule has 2 rings (SSSR count). The average molecular weight is 330 g/mol. The van der Waals surface area contributed by atoms with Crippen molar-refractivity contribution in [3.05, 3.63) is 28.2 Å². The molecule has 0 radical (unpaired) electrons. The Balaban J connectivity index is 1.86. The summed E-state index contributed by atoms with van der Waals surface area (Å²) in [5.41, 5.74) is 0. The number of hydrogen-bond acceptors (Lipinski definition) is 2.